The fourth-order valence-electron chi connectivity index (χ4n) is 3.64. The molecule has 0 radical (unpaired) electrons. The van der Waals surface area contributed by atoms with Gasteiger partial charge in [-0.25, -0.2) is 4.98 Å². The molecule has 2 atom stereocenters. The van der Waals surface area contributed by atoms with Crippen LogP contribution in [0.2, 0.25) is 0 Å². The van der Waals surface area contributed by atoms with Crippen molar-refractivity contribution in [2.24, 2.45) is 0 Å². The minimum atomic E-state index is -0.571. The minimum absolute atomic E-state index is 0.0114. The highest BCUT2D eigenvalue weighted by atomic mass is 32.1. The van der Waals surface area contributed by atoms with E-state index in [9.17, 15) is 9.90 Å². The van der Waals surface area contributed by atoms with Gasteiger partial charge in [0.2, 0.25) is 12.7 Å². The van der Waals surface area contributed by atoms with Gasteiger partial charge < -0.3 is 19.5 Å². The van der Waals surface area contributed by atoms with Crippen LogP contribution in [0.3, 0.4) is 0 Å². The number of piperidine rings is 1. The molecular weight excluding hydrogens is 352 g/mol. The first-order chi connectivity index (χ1) is 12.6. The molecule has 2 aliphatic heterocycles. The van der Waals surface area contributed by atoms with Crippen molar-refractivity contribution in [3.05, 3.63) is 39.8 Å². The molecule has 138 valence electrons. The Labute approximate surface area is 156 Å². The van der Waals surface area contributed by atoms with E-state index in [1.54, 1.807) is 16.2 Å². The molecular formula is C19H22N2O4S. The lowest BCUT2D eigenvalue weighted by molar-refractivity contribution is -0.134. The minimum Gasteiger partial charge on any atom is -0.454 e. The number of aryl methyl sites for hydroxylation is 2. The second kappa shape index (κ2) is 7.25. The molecule has 7 heteroatoms. The van der Waals surface area contributed by atoms with Gasteiger partial charge in [-0.05, 0) is 37.5 Å². The van der Waals surface area contributed by atoms with Gasteiger partial charge in [-0.15, -0.1) is 11.3 Å². The van der Waals surface area contributed by atoms with Gasteiger partial charge in [0.25, 0.3) is 0 Å². The lowest BCUT2D eigenvalue weighted by atomic mass is 9.86. The summed E-state index contributed by atoms with van der Waals surface area (Å²) in [5.74, 6) is 1.58. The molecule has 26 heavy (non-hydrogen) atoms. The summed E-state index contributed by atoms with van der Waals surface area (Å²) >= 11 is 1.59. The quantitative estimate of drug-likeness (QED) is 0.890. The summed E-state index contributed by atoms with van der Waals surface area (Å²) in [6.45, 7) is 3.25. The maximum absolute atomic E-state index is 12.5. The van der Waals surface area contributed by atoms with Crippen molar-refractivity contribution in [2.75, 3.05) is 19.9 Å². The zero-order valence-electron chi connectivity index (χ0n) is 14.7. The summed E-state index contributed by atoms with van der Waals surface area (Å²) in [7, 11) is 0. The molecule has 4 rings (SSSR count). The van der Waals surface area contributed by atoms with Crippen LogP contribution in [0.4, 0.5) is 0 Å². The first-order valence-corrected chi connectivity index (χ1v) is 9.74. The number of aliphatic hydroxyl groups excluding tert-OH is 1. The molecule has 2 aliphatic rings. The molecule has 1 aromatic heterocycles. The number of carbonyl (C=O) groups excluding carboxylic acids is 1. The van der Waals surface area contributed by atoms with Crippen LogP contribution < -0.4 is 9.47 Å². The monoisotopic (exact) mass is 374 g/mol. The zero-order chi connectivity index (χ0) is 18.1. The third-order valence-electron chi connectivity index (χ3n) is 5.17. The van der Waals surface area contributed by atoms with Crippen molar-refractivity contribution >= 4 is 17.2 Å². The number of likely N-dealkylation sites (tertiary alicyclic amines) is 1. The van der Waals surface area contributed by atoms with Gasteiger partial charge in [-0.3, -0.25) is 4.79 Å². The highest BCUT2D eigenvalue weighted by molar-refractivity contribution is 7.09. The van der Waals surface area contributed by atoms with E-state index in [2.05, 4.69) is 4.98 Å². The number of ether oxygens (including phenoxy) is 2. The fourth-order valence-corrected chi connectivity index (χ4v) is 4.42. The van der Waals surface area contributed by atoms with Gasteiger partial charge in [0.05, 0.1) is 17.3 Å². The molecule has 0 bridgehead atoms. The number of aromatic nitrogens is 1. The molecule has 1 N–H and O–H groups in total. The van der Waals surface area contributed by atoms with Gasteiger partial charge in [0.15, 0.2) is 11.5 Å². The van der Waals surface area contributed by atoms with E-state index < -0.39 is 6.10 Å². The van der Waals surface area contributed by atoms with Gasteiger partial charge in [-0.1, -0.05) is 6.07 Å². The summed E-state index contributed by atoms with van der Waals surface area (Å²) in [6, 6.07) is 5.81. The molecule has 3 heterocycles. The van der Waals surface area contributed by atoms with Crippen molar-refractivity contribution in [1.82, 2.24) is 9.88 Å². The summed E-state index contributed by atoms with van der Waals surface area (Å²) in [5, 5.41) is 10.6. The Kier molecular flexibility index (Phi) is 4.82. The lowest BCUT2D eigenvalue weighted by Gasteiger charge is -2.36. The maximum Gasteiger partial charge on any atom is 0.231 e. The van der Waals surface area contributed by atoms with Crippen molar-refractivity contribution < 1.29 is 19.4 Å². The first-order valence-electron chi connectivity index (χ1n) is 8.86. The third-order valence-corrected chi connectivity index (χ3v) is 6.17. The molecule has 1 amide bonds. The standard InChI is InChI=1S/C19H22N2O4S/c1-12-18(26-10-20-12)4-5-19(23)21-7-6-14(15(22)9-21)13-2-3-16-17(8-13)25-11-24-16/h2-3,8,10,14-15,22H,4-7,9,11H2,1H3/t14-,15+/m0/s1. The Balaban J connectivity index is 1.35. The number of fused-ring (bicyclic) bond motifs is 1. The van der Waals surface area contributed by atoms with E-state index in [1.807, 2.05) is 30.6 Å². The molecule has 0 saturated carbocycles. The van der Waals surface area contributed by atoms with Crippen LogP contribution in [-0.2, 0) is 11.2 Å². The van der Waals surface area contributed by atoms with Gasteiger partial charge in [-0.2, -0.15) is 0 Å². The van der Waals surface area contributed by atoms with Crippen LogP contribution in [-0.4, -0.2) is 46.9 Å². The zero-order valence-corrected chi connectivity index (χ0v) is 15.5. The van der Waals surface area contributed by atoms with Crippen LogP contribution in [0.15, 0.2) is 23.7 Å². The van der Waals surface area contributed by atoms with Gasteiger partial charge >= 0.3 is 0 Å². The first kappa shape index (κ1) is 17.3. The maximum atomic E-state index is 12.5. The molecule has 0 unspecified atom stereocenters. The van der Waals surface area contributed by atoms with E-state index in [1.165, 1.54) is 0 Å². The molecule has 1 aromatic carbocycles. The number of benzene rings is 1. The largest absolute Gasteiger partial charge is 0.454 e. The van der Waals surface area contributed by atoms with Crippen LogP contribution in [0.5, 0.6) is 11.5 Å². The number of thiazole rings is 1. The van der Waals surface area contributed by atoms with Crippen LogP contribution in [0, 0.1) is 6.92 Å². The Morgan fingerprint density at radius 3 is 3.00 bits per heavy atom. The van der Waals surface area contributed by atoms with Crippen molar-refractivity contribution in [2.45, 2.75) is 38.2 Å². The summed E-state index contributed by atoms with van der Waals surface area (Å²) in [6.07, 6.45) is 1.35. The Bertz CT molecular complexity index is 807. The lowest BCUT2D eigenvalue weighted by Crippen LogP contribution is -2.45. The number of β-amino-alcohol motifs (C(OH)–C–C–N with tert-alkyl or cyclic N) is 1. The van der Waals surface area contributed by atoms with E-state index >= 15 is 0 Å². The molecule has 0 spiro atoms. The van der Waals surface area contributed by atoms with Crippen molar-refractivity contribution in [3.8, 4) is 11.5 Å². The summed E-state index contributed by atoms with van der Waals surface area (Å²) < 4.78 is 10.8. The average Bonchev–Trinajstić information content (AvgIpc) is 3.27. The van der Waals surface area contributed by atoms with Crippen LogP contribution in [0.25, 0.3) is 0 Å². The predicted octanol–water partition coefficient (Wildman–Crippen LogP) is 2.49. The van der Waals surface area contributed by atoms with Crippen LogP contribution in [0.1, 0.15) is 34.9 Å². The molecule has 0 aliphatic carbocycles. The second-order valence-electron chi connectivity index (χ2n) is 6.78. The summed E-state index contributed by atoms with van der Waals surface area (Å²) in [5.41, 5.74) is 3.86. The van der Waals surface area contributed by atoms with Crippen molar-refractivity contribution in [3.63, 3.8) is 0 Å². The smallest absolute Gasteiger partial charge is 0.231 e. The number of amides is 1. The second-order valence-corrected chi connectivity index (χ2v) is 7.72. The topological polar surface area (TPSA) is 71.9 Å². The van der Waals surface area contributed by atoms with Gasteiger partial charge in [0, 0.05) is 30.3 Å². The number of aliphatic hydroxyl groups is 1. The van der Waals surface area contributed by atoms with Crippen molar-refractivity contribution in [1.29, 1.82) is 0 Å². The SMILES string of the molecule is Cc1ncsc1CCC(=O)N1CC[C@@H](c2ccc3c(c2)OCO3)[C@H](O)C1. The number of nitrogens with zero attached hydrogens (tertiary/aromatic N) is 2. The highest BCUT2D eigenvalue weighted by Gasteiger charge is 2.32. The Hall–Kier alpha value is -2.12. The number of hydrogen-bond donors (Lipinski definition) is 1. The van der Waals surface area contributed by atoms with Crippen LogP contribution >= 0.6 is 11.3 Å². The molecule has 1 fully saturated rings. The van der Waals surface area contributed by atoms with E-state index in [-0.39, 0.29) is 18.6 Å². The normalized spacial score (nSPS) is 21.8. The fraction of sp³-hybridized carbons (Fsp3) is 0.474. The van der Waals surface area contributed by atoms with E-state index in [0.29, 0.717) is 25.9 Å². The number of hydrogen-bond acceptors (Lipinski definition) is 6. The molecule has 6 nitrogen and oxygen atoms in total. The Morgan fingerprint density at radius 1 is 1.38 bits per heavy atom. The Morgan fingerprint density at radius 2 is 2.23 bits per heavy atom. The van der Waals surface area contributed by atoms with E-state index in [4.69, 9.17) is 9.47 Å². The number of carbonyl (C=O) groups is 1. The highest BCUT2D eigenvalue weighted by Crippen LogP contribution is 2.37. The average molecular weight is 374 g/mol. The molecule has 1 saturated heterocycles. The van der Waals surface area contributed by atoms with E-state index in [0.717, 1.165) is 34.1 Å². The predicted molar refractivity (Wildman–Crippen MR) is 97.7 cm³/mol. The van der Waals surface area contributed by atoms with Gasteiger partial charge in [0.1, 0.15) is 0 Å². The summed E-state index contributed by atoms with van der Waals surface area (Å²) in [4.78, 5) is 19.7. The third kappa shape index (κ3) is 3.41. The number of rotatable bonds is 4. The molecule has 2 aromatic rings.